The molecule has 0 radical (unpaired) electrons. The Morgan fingerprint density at radius 2 is 1.73 bits per heavy atom. The van der Waals surface area contributed by atoms with E-state index in [0.717, 1.165) is 25.7 Å². The molecule has 140 valence electrons. The lowest BCUT2D eigenvalue weighted by Gasteiger charge is -2.15. The number of rotatable bonds is 8. The van der Waals surface area contributed by atoms with Crippen LogP contribution in [0.1, 0.15) is 49.9 Å². The van der Waals surface area contributed by atoms with Gasteiger partial charge >= 0.3 is 5.97 Å². The molecule has 7 nitrogen and oxygen atoms in total. The molecule has 2 N–H and O–H groups in total. The fourth-order valence-electron chi connectivity index (χ4n) is 2.23. The maximum absolute atomic E-state index is 12.5. The van der Waals surface area contributed by atoms with Crippen molar-refractivity contribution in [3.63, 3.8) is 0 Å². The molecular formula is C18H23N3O4S. The molecule has 0 bridgehead atoms. The van der Waals surface area contributed by atoms with E-state index in [0.29, 0.717) is 5.03 Å². The van der Waals surface area contributed by atoms with E-state index < -0.39 is 12.1 Å². The summed E-state index contributed by atoms with van der Waals surface area (Å²) in [6, 6.07) is 3.71. The fourth-order valence-corrected chi connectivity index (χ4v) is 3.14. The third-order valence-electron chi connectivity index (χ3n) is 4.15. The van der Waals surface area contributed by atoms with Crippen LogP contribution in [0.5, 0.6) is 0 Å². The zero-order chi connectivity index (χ0) is 18.7. The van der Waals surface area contributed by atoms with Crippen LogP contribution in [0.15, 0.2) is 23.4 Å². The van der Waals surface area contributed by atoms with Gasteiger partial charge in [0.2, 0.25) is 5.91 Å². The molecule has 3 rings (SSSR count). The smallest absolute Gasteiger partial charge is 0.341 e. The highest BCUT2D eigenvalue weighted by Crippen LogP contribution is 2.27. The number of ether oxygens (including phenoxy) is 1. The van der Waals surface area contributed by atoms with Gasteiger partial charge in [0.25, 0.3) is 5.91 Å². The van der Waals surface area contributed by atoms with Gasteiger partial charge in [0.1, 0.15) is 5.03 Å². The minimum atomic E-state index is -0.878. The molecule has 26 heavy (non-hydrogen) atoms. The molecule has 0 aliphatic heterocycles. The molecule has 2 amide bonds. The Morgan fingerprint density at radius 1 is 1.12 bits per heavy atom. The second kappa shape index (κ2) is 8.07. The molecule has 2 atom stereocenters. The Bertz CT molecular complexity index is 703. The van der Waals surface area contributed by atoms with Crippen molar-refractivity contribution in [2.75, 3.05) is 0 Å². The molecule has 1 aromatic rings. The van der Waals surface area contributed by atoms with Crippen molar-refractivity contribution < 1.29 is 19.1 Å². The predicted octanol–water partition coefficient (Wildman–Crippen LogP) is 1.66. The van der Waals surface area contributed by atoms with Crippen LogP contribution in [0.2, 0.25) is 0 Å². The molecule has 2 fully saturated rings. The first-order chi connectivity index (χ1) is 12.4. The molecule has 1 aromatic heterocycles. The minimum absolute atomic E-state index is 0.0698. The first-order valence-corrected chi connectivity index (χ1v) is 9.75. The average Bonchev–Trinajstić information content (AvgIpc) is 3.51. The Balaban J connectivity index is 1.60. The van der Waals surface area contributed by atoms with Crippen LogP contribution < -0.4 is 10.6 Å². The monoisotopic (exact) mass is 377 g/mol. The average molecular weight is 377 g/mol. The minimum Gasteiger partial charge on any atom is -0.449 e. The Hall–Kier alpha value is -2.09. The fraction of sp³-hybridized carbons (Fsp3) is 0.556. The summed E-state index contributed by atoms with van der Waals surface area (Å²) in [6.07, 6.45) is 4.66. The van der Waals surface area contributed by atoms with Crippen LogP contribution in [-0.2, 0) is 14.3 Å². The number of nitrogens with zero attached hydrogens (tertiary/aromatic N) is 1. The van der Waals surface area contributed by atoms with Gasteiger partial charge in [-0.2, -0.15) is 0 Å². The first-order valence-electron chi connectivity index (χ1n) is 8.87. The number of hydrogen-bond acceptors (Lipinski definition) is 6. The van der Waals surface area contributed by atoms with Crippen LogP contribution in [0, 0.1) is 0 Å². The molecular weight excluding hydrogens is 354 g/mol. The van der Waals surface area contributed by atoms with E-state index in [1.54, 1.807) is 32.2 Å². The maximum atomic E-state index is 12.5. The summed E-state index contributed by atoms with van der Waals surface area (Å²) in [4.78, 5) is 40.8. The van der Waals surface area contributed by atoms with Crippen molar-refractivity contribution in [1.82, 2.24) is 15.6 Å². The lowest BCUT2D eigenvalue weighted by atomic mass is 10.3. The number of esters is 1. The largest absolute Gasteiger partial charge is 0.449 e. The molecule has 2 saturated carbocycles. The van der Waals surface area contributed by atoms with Gasteiger partial charge < -0.3 is 15.4 Å². The summed E-state index contributed by atoms with van der Waals surface area (Å²) in [5, 5.41) is 5.78. The SMILES string of the molecule is C[C@H](Sc1ncccc1C(=O)O[C@H](C)C(=O)NC1CC1)C(=O)NC1CC1. The highest BCUT2D eigenvalue weighted by atomic mass is 32.2. The second-order valence-corrected chi connectivity index (χ2v) is 8.06. The number of thioether (sulfide) groups is 1. The van der Waals surface area contributed by atoms with Gasteiger partial charge in [-0.15, -0.1) is 0 Å². The van der Waals surface area contributed by atoms with Crippen LogP contribution >= 0.6 is 11.8 Å². The number of nitrogens with one attached hydrogen (secondary N) is 2. The number of aromatic nitrogens is 1. The molecule has 2 aliphatic rings. The number of carbonyl (C=O) groups is 3. The summed E-state index contributed by atoms with van der Waals surface area (Å²) in [6.45, 7) is 3.32. The maximum Gasteiger partial charge on any atom is 0.341 e. The lowest BCUT2D eigenvalue weighted by molar-refractivity contribution is -0.129. The van der Waals surface area contributed by atoms with Gasteiger partial charge in [0.05, 0.1) is 10.8 Å². The van der Waals surface area contributed by atoms with E-state index >= 15 is 0 Å². The zero-order valence-electron chi connectivity index (χ0n) is 14.9. The van der Waals surface area contributed by atoms with Gasteiger partial charge in [0, 0.05) is 18.3 Å². The normalized spacial score (nSPS) is 18.5. The number of hydrogen-bond donors (Lipinski definition) is 2. The van der Waals surface area contributed by atoms with Crippen molar-refractivity contribution in [1.29, 1.82) is 0 Å². The first kappa shape index (κ1) is 18.7. The highest BCUT2D eigenvalue weighted by Gasteiger charge is 2.29. The van der Waals surface area contributed by atoms with Crippen LogP contribution in [0.3, 0.4) is 0 Å². The van der Waals surface area contributed by atoms with Gasteiger partial charge in [0.15, 0.2) is 6.10 Å². The highest BCUT2D eigenvalue weighted by molar-refractivity contribution is 8.00. The number of amides is 2. The summed E-state index contributed by atoms with van der Waals surface area (Å²) in [5.74, 6) is -0.982. The summed E-state index contributed by atoms with van der Waals surface area (Å²) >= 11 is 1.21. The van der Waals surface area contributed by atoms with Gasteiger partial charge in [-0.1, -0.05) is 11.8 Å². The van der Waals surface area contributed by atoms with Crippen LogP contribution in [-0.4, -0.2) is 46.2 Å². The van der Waals surface area contributed by atoms with E-state index in [-0.39, 0.29) is 34.7 Å². The molecule has 0 unspecified atom stereocenters. The molecule has 1 heterocycles. The van der Waals surface area contributed by atoms with Crippen LogP contribution in [0.4, 0.5) is 0 Å². The Morgan fingerprint density at radius 3 is 2.35 bits per heavy atom. The van der Waals surface area contributed by atoms with E-state index in [2.05, 4.69) is 15.6 Å². The molecule has 0 spiro atoms. The third-order valence-corrected chi connectivity index (χ3v) is 5.27. The van der Waals surface area contributed by atoms with Crippen LogP contribution in [0.25, 0.3) is 0 Å². The van der Waals surface area contributed by atoms with Crippen molar-refractivity contribution in [2.45, 2.75) is 68.0 Å². The molecule has 2 aliphatic carbocycles. The van der Waals surface area contributed by atoms with Crippen molar-refractivity contribution in [3.8, 4) is 0 Å². The van der Waals surface area contributed by atoms with E-state index in [4.69, 9.17) is 4.74 Å². The topological polar surface area (TPSA) is 97.4 Å². The predicted molar refractivity (Wildman–Crippen MR) is 96.8 cm³/mol. The summed E-state index contributed by atoms with van der Waals surface area (Å²) in [7, 11) is 0. The Kier molecular flexibility index (Phi) is 5.80. The second-order valence-electron chi connectivity index (χ2n) is 6.73. The molecule has 0 aromatic carbocycles. The van der Waals surface area contributed by atoms with Crippen molar-refractivity contribution >= 4 is 29.5 Å². The van der Waals surface area contributed by atoms with E-state index in [1.807, 2.05) is 0 Å². The van der Waals surface area contributed by atoms with E-state index in [9.17, 15) is 14.4 Å². The van der Waals surface area contributed by atoms with Gasteiger partial charge in [-0.05, 0) is 51.7 Å². The quantitative estimate of drug-likeness (QED) is 0.528. The summed E-state index contributed by atoms with van der Waals surface area (Å²) in [5.41, 5.74) is 0.259. The molecule has 8 heteroatoms. The Labute approximate surface area is 156 Å². The number of pyridine rings is 1. The summed E-state index contributed by atoms with van der Waals surface area (Å²) < 4.78 is 5.28. The van der Waals surface area contributed by atoms with Crippen molar-refractivity contribution in [3.05, 3.63) is 23.9 Å². The van der Waals surface area contributed by atoms with Gasteiger partial charge in [-0.25, -0.2) is 9.78 Å². The third kappa shape index (κ3) is 5.20. The van der Waals surface area contributed by atoms with Gasteiger partial charge in [-0.3, -0.25) is 9.59 Å². The molecule has 0 saturated heterocycles. The zero-order valence-corrected chi connectivity index (χ0v) is 15.7. The lowest BCUT2D eigenvalue weighted by Crippen LogP contribution is -2.37. The van der Waals surface area contributed by atoms with Crippen molar-refractivity contribution in [2.24, 2.45) is 0 Å². The standard InChI is InChI=1S/C18H23N3O4S/c1-10(15(22)20-12-5-6-12)25-18(24)14-4-3-9-19-17(14)26-11(2)16(23)21-13-7-8-13/h3-4,9-13H,5-8H2,1-2H3,(H,20,22)(H,21,23)/t10-,11+/m1/s1. The van der Waals surface area contributed by atoms with E-state index in [1.165, 1.54) is 11.8 Å². The number of carbonyl (C=O) groups excluding carboxylic acids is 3.